The van der Waals surface area contributed by atoms with Gasteiger partial charge in [-0.1, -0.05) is 17.7 Å². The second kappa shape index (κ2) is 6.27. The molecule has 0 saturated carbocycles. The third-order valence-corrected chi connectivity index (χ3v) is 3.60. The summed E-state index contributed by atoms with van der Waals surface area (Å²) in [7, 11) is 0. The lowest BCUT2D eigenvalue weighted by Crippen LogP contribution is -2.22. The van der Waals surface area contributed by atoms with Gasteiger partial charge < -0.3 is 10.2 Å². The fourth-order valence-electron chi connectivity index (χ4n) is 2.30. The summed E-state index contributed by atoms with van der Waals surface area (Å²) >= 11 is 6.16. The molecule has 1 fully saturated rings. The Hall–Kier alpha value is -0.730. The molecule has 1 N–H and O–H groups in total. The van der Waals surface area contributed by atoms with Crippen LogP contribution in [0.5, 0.6) is 0 Å². The van der Waals surface area contributed by atoms with Gasteiger partial charge in [-0.3, -0.25) is 0 Å². The number of likely N-dealkylation sites (tertiary alicyclic amines) is 1. The molecule has 0 bridgehead atoms. The van der Waals surface area contributed by atoms with Crippen molar-refractivity contribution in [2.45, 2.75) is 26.2 Å². The first-order valence-electron chi connectivity index (χ1n) is 6.48. The molecule has 1 aromatic rings. The number of rotatable bonds is 5. The molecule has 0 aliphatic carbocycles. The van der Waals surface area contributed by atoms with Gasteiger partial charge in [0.1, 0.15) is 0 Å². The van der Waals surface area contributed by atoms with E-state index in [2.05, 4.69) is 29.3 Å². The van der Waals surface area contributed by atoms with Crippen LogP contribution in [-0.4, -0.2) is 31.1 Å². The number of halogens is 1. The first-order chi connectivity index (χ1) is 8.25. The fraction of sp³-hybridized carbons (Fsp3) is 0.571. The van der Waals surface area contributed by atoms with Gasteiger partial charge in [0.05, 0.1) is 10.7 Å². The summed E-state index contributed by atoms with van der Waals surface area (Å²) in [6.45, 7) is 6.83. The molecule has 0 spiro atoms. The molecule has 1 aliphatic rings. The Morgan fingerprint density at radius 2 is 2.06 bits per heavy atom. The average Bonchev–Trinajstić information content (AvgIpc) is 2.79. The molecule has 94 valence electrons. The van der Waals surface area contributed by atoms with E-state index in [9.17, 15) is 0 Å². The second-order valence-electron chi connectivity index (χ2n) is 4.81. The van der Waals surface area contributed by atoms with Crippen molar-refractivity contribution in [2.75, 3.05) is 31.5 Å². The highest BCUT2D eigenvalue weighted by Crippen LogP contribution is 2.22. The average molecular weight is 253 g/mol. The van der Waals surface area contributed by atoms with Gasteiger partial charge in [-0.05, 0) is 63.5 Å². The second-order valence-corrected chi connectivity index (χ2v) is 5.22. The van der Waals surface area contributed by atoms with Crippen LogP contribution in [0.3, 0.4) is 0 Å². The zero-order chi connectivity index (χ0) is 12.1. The van der Waals surface area contributed by atoms with Crippen LogP contribution < -0.4 is 5.32 Å². The first kappa shape index (κ1) is 12.7. The van der Waals surface area contributed by atoms with Crippen LogP contribution in [-0.2, 0) is 0 Å². The van der Waals surface area contributed by atoms with E-state index in [4.69, 9.17) is 11.6 Å². The minimum atomic E-state index is 0.825. The van der Waals surface area contributed by atoms with Gasteiger partial charge in [-0.2, -0.15) is 0 Å². The maximum Gasteiger partial charge on any atom is 0.0640 e. The van der Waals surface area contributed by atoms with Crippen LogP contribution in [0.15, 0.2) is 18.2 Å². The molecule has 17 heavy (non-hydrogen) atoms. The van der Waals surface area contributed by atoms with E-state index in [1.807, 2.05) is 6.07 Å². The van der Waals surface area contributed by atoms with E-state index >= 15 is 0 Å². The van der Waals surface area contributed by atoms with Gasteiger partial charge in [-0.15, -0.1) is 0 Å². The van der Waals surface area contributed by atoms with Crippen LogP contribution in [0, 0.1) is 6.92 Å². The Morgan fingerprint density at radius 3 is 2.76 bits per heavy atom. The summed E-state index contributed by atoms with van der Waals surface area (Å²) in [5, 5.41) is 4.23. The number of benzene rings is 1. The van der Waals surface area contributed by atoms with Crippen molar-refractivity contribution >= 4 is 17.3 Å². The third kappa shape index (κ3) is 3.90. The number of aryl methyl sites for hydroxylation is 1. The van der Waals surface area contributed by atoms with Crippen LogP contribution in [0.2, 0.25) is 5.02 Å². The number of anilines is 1. The van der Waals surface area contributed by atoms with Gasteiger partial charge in [0.2, 0.25) is 0 Å². The third-order valence-electron chi connectivity index (χ3n) is 3.29. The predicted octanol–water partition coefficient (Wildman–Crippen LogP) is 3.55. The van der Waals surface area contributed by atoms with Crippen LogP contribution in [0.4, 0.5) is 5.69 Å². The van der Waals surface area contributed by atoms with E-state index in [1.54, 1.807) is 0 Å². The Kier molecular flexibility index (Phi) is 4.69. The highest BCUT2D eigenvalue weighted by molar-refractivity contribution is 6.33. The minimum Gasteiger partial charge on any atom is -0.384 e. The van der Waals surface area contributed by atoms with Gasteiger partial charge >= 0.3 is 0 Å². The summed E-state index contributed by atoms with van der Waals surface area (Å²) in [4.78, 5) is 2.54. The standard InChI is InChI=1S/C14H21ClN2/c1-12-5-6-14(13(15)11-12)16-7-4-10-17-8-2-3-9-17/h5-6,11,16H,2-4,7-10H2,1H3. The van der Waals surface area contributed by atoms with Crippen molar-refractivity contribution in [3.05, 3.63) is 28.8 Å². The Bertz CT molecular complexity index is 359. The molecule has 3 heteroatoms. The number of nitrogens with one attached hydrogen (secondary N) is 1. The van der Waals surface area contributed by atoms with E-state index in [0.717, 1.165) is 17.3 Å². The molecular weight excluding hydrogens is 232 g/mol. The van der Waals surface area contributed by atoms with Crippen LogP contribution in [0.1, 0.15) is 24.8 Å². The first-order valence-corrected chi connectivity index (χ1v) is 6.86. The summed E-state index contributed by atoms with van der Waals surface area (Å²) in [6, 6.07) is 6.16. The lowest BCUT2D eigenvalue weighted by molar-refractivity contribution is 0.337. The van der Waals surface area contributed by atoms with Crippen molar-refractivity contribution in [2.24, 2.45) is 0 Å². The largest absolute Gasteiger partial charge is 0.384 e. The lowest BCUT2D eigenvalue weighted by atomic mass is 10.2. The maximum atomic E-state index is 6.16. The summed E-state index contributed by atoms with van der Waals surface area (Å²) in [6.07, 6.45) is 3.93. The van der Waals surface area contributed by atoms with E-state index in [0.29, 0.717) is 0 Å². The van der Waals surface area contributed by atoms with Gasteiger partial charge in [-0.25, -0.2) is 0 Å². The quantitative estimate of drug-likeness (QED) is 0.807. The Morgan fingerprint density at radius 1 is 1.29 bits per heavy atom. The van der Waals surface area contributed by atoms with Crippen molar-refractivity contribution in [1.29, 1.82) is 0 Å². The topological polar surface area (TPSA) is 15.3 Å². The molecule has 2 rings (SSSR count). The molecule has 0 atom stereocenters. The smallest absolute Gasteiger partial charge is 0.0640 e. The van der Waals surface area contributed by atoms with Crippen molar-refractivity contribution in [3.8, 4) is 0 Å². The molecule has 2 nitrogen and oxygen atoms in total. The summed E-state index contributed by atoms with van der Waals surface area (Å²) in [5.41, 5.74) is 2.26. The lowest BCUT2D eigenvalue weighted by Gasteiger charge is -2.15. The molecular formula is C14H21ClN2. The van der Waals surface area contributed by atoms with Crippen molar-refractivity contribution < 1.29 is 0 Å². The van der Waals surface area contributed by atoms with E-state index in [1.165, 1.54) is 44.5 Å². The number of hydrogen-bond acceptors (Lipinski definition) is 2. The highest BCUT2D eigenvalue weighted by Gasteiger charge is 2.10. The normalized spacial score (nSPS) is 16.4. The molecule has 0 amide bonds. The highest BCUT2D eigenvalue weighted by atomic mass is 35.5. The zero-order valence-electron chi connectivity index (χ0n) is 10.5. The molecule has 1 heterocycles. The molecule has 0 aromatic heterocycles. The predicted molar refractivity (Wildman–Crippen MR) is 75.0 cm³/mol. The molecule has 1 aromatic carbocycles. The van der Waals surface area contributed by atoms with Gasteiger partial charge in [0.25, 0.3) is 0 Å². The zero-order valence-corrected chi connectivity index (χ0v) is 11.3. The fourth-order valence-corrected chi connectivity index (χ4v) is 2.60. The number of hydrogen-bond donors (Lipinski definition) is 1. The van der Waals surface area contributed by atoms with Crippen LogP contribution >= 0.6 is 11.6 Å². The minimum absolute atomic E-state index is 0.825. The van der Waals surface area contributed by atoms with E-state index < -0.39 is 0 Å². The molecule has 0 unspecified atom stereocenters. The van der Waals surface area contributed by atoms with Crippen molar-refractivity contribution in [3.63, 3.8) is 0 Å². The molecule has 1 aliphatic heterocycles. The monoisotopic (exact) mass is 252 g/mol. The van der Waals surface area contributed by atoms with E-state index in [-0.39, 0.29) is 0 Å². The molecule has 0 radical (unpaired) electrons. The number of nitrogens with zero attached hydrogens (tertiary/aromatic N) is 1. The van der Waals surface area contributed by atoms with Gasteiger partial charge in [0, 0.05) is 6.54 Å². The van der Waals surface area contributed by atoms with Gasteiger partial charge in [0.15, 0.2) is 0 Å². The molecule has 1 saturated heterocycles. The SMILES string of the molecule is Cc1ccc(NCCCN2CCCC2)c(Cl)c1. The Labute approximate surface area is 109 Å². The van der Waals surface area contributed by atoms with Crippen LogP contribution in [0.25, 0.3) is 0 Å². The summed E-state index contributed by atoms with van der Waals surface area (Å²) < 4.78 is 0. The summed E-state index contributed by atoms with van der Waals surface area (Å²) in [5.74, 6) is 0. The maximum absolute atomic E-state index is 6.16. The van der Waals surface area contributed by atoms with Crippen molar-refractivity contribution in [1.82, 2.24) is 4.90 Å². The Balaban J connectivity index is 1.70.